The lowest BCUT2D eigenvalue weighted by Gasteiger charge is -2.38. The molecule has 0 atom stereocenters. The highest BCUT2D eigenvalue weighted by molar-refractivity contribution is 5.81. The van der Waals surface area contributed by atoms with E-state index in [0.717, 1.165) is 18.9 Å². The Hall–Kier alpha value is -3.97. The monoisotopic (exact) mass is 490 g/mol. The van der Waals surface area contributed by atoms with Crippen molar-refractivity contribution >= 4 is 18.9 Å². The molecule has 0 fully saturated rings. The molecule has 7 nitrogen and oxygen atoms in total. The van der Waals surface area contributed by atoms with Gasteiger partial charge in [-0.15, -0.1) is 0 Å². The third-order valence-electron chi connectivity index (χ3n) is 6.36. The fourth-order valence-corrected chi connectivity index (χ4v) is 4.97. The van der Waals surface area contributed by atoms with Crippen molar-refractivity contribution in [2.24, 2.45) is 0 Å². The molecule has 0 spiro atoms. The molecular formula is C29H30O7. The van der Waals surface area contributed by atoms with Gasteiger partial charge in [-0.2, -0.15) is 0 Å². The average Bonchev–Trinajstić information content (AvgIpc) is 2.88. The number of carbonyl (C=O) groups excluding carboxylic acids is 3. The second kappa shape index (κ2) is 10.7. The summed E-state index contributed by atoms with van der Waals surface area (Å²) in [7, 11) is 6.09. The highest BCUT2D eigenvalue weighted by Gasteiger charge is 2.45. The zero-order valence-electron chi connectivity index (χ0n) is 21.6. The SMILES string of the molecule is COc1c(C)cc(C=O)cc1C(OC)(c1cc(C=O)cc(C)c1OC)c1cc(C=O)cc(C)c1OC. The lowest BCUT2D eigenvalue weighted by atomic mass is 9.75. The lowest BCUT2D eigenvalue weighted by molar-refractivity contribution is 0.0516. The molecule has 188 valence electrons. The minimum atomic E-state index is -1.51. The van der Waals surface area contributed by atoms with Crippen LogP contribution in [0.4, 0.5) is 0 Å². The minimum Gasteiger partial charge on any atom is -0.496 e. The van der Waals surface area contributed by atoms with Crippen LogP contribution >= 0.6 is 0 Å². The van der Waals surface area contributed by atoms with Crippen LogP contribution in [0.1, 0.15) is 64.5 Å². The average molecular weight is 491 g/mol. The molecule has 7 heteroatoms. The predicted molar refractivity (Wildman–Crippen MR) is 136 cm³/mol. The van der Waals surface area contributed by atoms with Gasteiger partial charge in [-0.1, -0.05) is 0 Å². The van der Waals surface area contributed by atoms with Crippen molar-refractivity contribution in [3.63, 3.8) is 0 Å². The number of benzene rings is 3. The first kappa shape index (κ1) is 26.6. The summed E-state index contributed by atoms with van der Waals surface area (Å²) < 4.78 is 23.9. The van der Waals surface area contributed by atoms with E-state index in [1.807, 2.05) is 20.8 Å². The third kappa shape index (κ3) is 4.27. The molecule has 0 aliphatic rings. The van der Waals surface area contributed by atoms with Crippen molar-refractivity contribution in [1.82, 2.24) is 0 Å². The number of carbonyl (C=O) groups is 3. The van der Waals surface area contributed by atoms with E-state index in [0.29, 0.717) is 67.3 Å². The van der Waals surface area contributed by atoms with Crippen LogP contribution in [0, 0.1) is 20.8 Å². The van der Waals surface area contributed by atoms with E-state index in [-0.39, 0.29) is 0 Å². The summed E-state index contributed by atoms with van der Waals surface area (Å²) in [4.78, 5) is 35.8. The molecule has 36 heavy (non-hydrogen) atoms. The summed E-state index contributed by atoms with van der Waals surface area (Å²) in [5.41, 5.74) is 3.22. The van der Waals surface area contributed by atoms with Gasteiger partial charge in [-0.05, 0) is 73.9 Å². The normalized spacial score (nSPS) is 11.1. The summed E-state index contributed by atoms with van der Waals surface area (Å²) in [6, 6.07) is 10.2. The molecular weight excluding hydrogens is 460 g/mol. The van der Waals surface area contributed by atoms with Gasteiger partial charge in [0.05, 0.1) is 21.3 Å². The summed E-state index contributed by atoms with van der Waals surface area (Å²) in [5.74, 6) is 1.40. The molecule has 0 aliphatic carbocycles. The van der Waals surface area contributed by atoms with Crippen LogP contribution in [0.2, 0.25) is 0 Å². The van der Waals surface area contributed by atoms with Gasteiger partial charge >= 0.3 is 0 Å². The highest BCUT2D eigenvalue weighted by Crippen LogP contribution is 2.52. The molecule has 0 aromatic heterocycles. The van der Waals surface area contributed by atoms with Crippen molar-refractivity contribution in [1.29, 1.82) is 0 Å². The van der Waals surface area contributed by atoms with Crippen molar-refractivity contribution in [3.8, 4) is 17.2 Å². The van der Waals surface area contributed by atoms with Gasteiger partial charge in [0.2, 0.25) is 0 Å². The predicted octanol–water partition coefficient (Wildman–Crippen LogP) is 5.01. The number of aryl methyl sites for hydroxylation is 3. The van der Waals surface area contributed by atoms with Crippen LogP contribution in [-0.4, -0.2) is 47.3 Å². The number of hydrogen-bond donors (Lipinski definition) is 0. The van der Waals surface area contributed by atoms with E-state index in [9.17, 15) is 14.4 Å². The van der Waals surface area contributed by atoms with Gasteiger partial charge in [-0.25, -0.2) is 0 Å². The van der Waals surface area contributed by atoms with E-state index < -0.39 is 5.60 Å². The molecule has 3 aromatic carbocycles. The van der Waals surface area contributed by atoms with Gasteiger partial charge in [0, 0.05) is 40.5 Å². The maximum absolute atomic E-state index is 11.9. The van der Waals surface area contributed by atoms with Crippen molar-refractivity contribution < 1.29 is 33.3 Å². The summed E-state index contributed by atoms with van der Waals surface area (Å²) in [5, 5.41) is 0. The molecule has 0 aliphatic heterocycles. The number of methoxy groups -OCH3 is 4. The van der Waals surface area contributed by atoms with Crippen LogP contribution in [0.25, 0.3) is 0 Å². The van der Waals surface area contributed by atoms with Gasteiger partial charge in [0.15, 0.2) is 5.60 Å². The third-order valence-corrected chi connectivity index (χ3v) is 6.36. The topological polar surface area (TPSA) is 88.1 Å². The standard InChI is InChI=1S/C29H30O7/c1-17-8-20(14-30)11-23(26(17)33-4)29(36-7,24-12-21(15-31)9-18(2)27(24)34-5)25-13-22(16-32)10-19(3)28(25)35-6/h8-16H,1-7H3. The number of ether oxygens (including phenoxy) is 4. The van der Waals surface area contributed by atoms with Gasteiger partial charge in [0.1, 0.15) is 36.1 Å². The van der Waals surface area contributed by atoms with Crippen molar-refractivity contribution in [2.75, 3.05) is 28.4 Å². The Balaban J connectivity index is 2.73. The van der Waals surface area contributed by atoms with Crippen molar-refractivity contribution in [2.45, 2.75) is 26.4 Å². The molecule has 0 N–H and O–H groups in total. The molecule has 0 unspecified atom stereocenters. The second-order valence-electron chi connectivity index (χ2n) is 8.49. The first-order valence-corrected chi connectivity index (χ1v) is 11.2. The van der Waals surface area contributed by atoms with Crippen LogP contribution in [0.15, 0.2) is 36.4 Å². The van der Waals surface area contributed by atoms with Crippen molar-refractivity contribution in [3.05, 3.63) is 86.5 Å². The Kier molecular flexibility index (Phi) is 7.95. The summed E-state index contributed by atoms with van der Waals surface area (Å²) >= 11 is 0. The van der Waals surface area contributed by atoms with Crippen LogP contribution in [0.5, 0.6) is 17.2 Å². The number of hydrogen-bond acceptors (Lipinski definition) is 7. The number of aldehydes is 3. The molecule has 0 saturated heterocycles. The summed E-state index contributed by atoms with van der Waals surface area (Å²) in [6.07, 6.45) is 2.22. The zero-order chi connectivity index (χ0) is 26.6. The molecule has 3 rings (SSSR count). The smallest absolute Gasteiger partial charge is 0.154 e. The molecule has 3 aromatic rings. The van der Waals surface area contributed by atoms with E-state index in [1.165, 1.54) is 28.4 Å². The second-order valence-corrected chi connectivity index (χ2v) is 8.49. The zero-order valence-corrected chi connectivity index (χ0v) is 21.6. The molecule has 0 bridgehead atoms. The number of rotatable bonds is 10. The fourth-order valence-electron chi connectivity index (χ4n) is 4.97. The Bertz CT molecular complexity index is 1170. The minimum absolute atomic E-state index is 0.397. The Morgan fingerprint density at radius 1 is 0.528 bits per heavy atom. The van der Waals surface area contributed by atoms with Gasteiger partial charge < -0.3 is 18.9 Å². The van der Waals surface area contributed by atoms with E-state index in [4.69, 9.17) is 18.9 Å². The highest BCUT2D eigenvalue weighted by atomic mass is 16.5. The summed E-state index contributed by atoms with van der Waals surface area (Å²) in [6.45, 7) is 5.47. The van der Waals surface area contributed by atoms with Crippen LogP contribution in [-0.2, 0) is 10.3 Å². The maximum atomic E-state index is 11.9. The first-order valence-electron chi connectivity index (χ1n) is 11.2. The van der Waals surface area contributed by atoms with Crippen LogP contribution < -0.4 is 14.2 Å². The lowest BCUT2D eigenvalue weighted by Crippen LogP contribution is -2.34. The van der Waals surface area contributed by atoms with E-state index in [1.54, 1.807) is 36.4 Å². The quantitative estimate of drug-likeness (QED) is 0.291. The molecule has 0 heterocycles. The fraction of sp³-hybridized carbons (Fsp3) is 0.276. The maximum Gasteiger partial charge on any atom is 0.154 e. The van der Waals surface area contributed by atoms with E-state index >= 15 is 0 Å². The largest absolute Gasteiger partial charge is 0.496 e. The van der Waals surface area contributed by atoms with Gasteiger partial charge in [-0.3, -0.25) is 14.4 Å². The van der Waals surface area contributed by atoms with Gasteiger partial charge in [0.25, 0.3) is 0 Å². The van der Waals surface area contributed by atoms with E-state index in [2.05, 4.69) is 0 Å². The Morgan fingerprint density at radius 3 is 1.00 bits per heavy atom. The molecule has 0 radical (unpaired) electrons. The first-order chi connectivity index (χ1) is 17.2. The molecule has 0 amide bonds. The Labute approximate surface area is 210 Å². The van der Waals surface area contributed by atoms with Crippen LogP contribution in [0.3, 0.4) is 0 Å². The molecule has 0 saturated carbocycles. The Morgan fingerprint density at radius 2 is 0.806 bits per heavy atom.